The first-order chi connectivity index (χ1) is 18.7. The van der Waals surface area contributed by atoms with Crippen LogP contribution in [0.5, 0.6) is 0 Å². The third-order valence-electron chi connectivity index (χ3n) is 7.43. The highest BCUT2D eigenvalue weighted by molar-refractivity contribution is 5.98. The molecule has 3 aromatic heterocycles. The zero-order valence-electron chi connectivity index (χ0n) is 21.5. The van der Waals surface area contributed by atoms with Gasteiger partial charge < -0.3 is 24.6 Å². The molecular formula is C28H25F2N5O4. The number of anilines is 2. The lowest BCUT2D eigenvalue weighted by Crippen LogP contribution is -2.41. The number of nitrogens with zero attached hydrogens (tertiary/aromatic N) is 4. The number of aryl methyl sites for hydroxylation is 1. The molecule has 0 amide bonds. The van der Waals surface area contributed by atoms with Gasteiger partial charge in [-0.1, -0.05) is 0 Å². The van der Waals surface area contributed by atoms with Crippen LogP contribution in [0.2, 0.25) is 0 Å². The number of hydrogen-bond acceptors (Lipinski definition) is 7. The summed E-state index contributed by atoms with van der Waals surface area (Å²) in [7, 11) is 3.28. The Morgan fingerprint density at radius 3 is 2.72 bits per heavy atom. The van der Waals surface area contributed by atoms with E-state index in [1.54, 1.807) is 32.6 Å². The van der Waals surface area contributed by atoms with Crippen molar-refractivity contribution in [3.05, 3.63) is 69.4 Å². The smallest absolute Gasteiger partial charge is 0.341 e. The van der Waals surface area contributed by atoms with E-state index in [0.717, 1.165) is 6.07 Å². The zero-order chi connectivity index (χ0) is 27.6. The summed E-state index contributed by atoms with van der Waals surface area (Å²) in [6.45, 7) is 3.39. The predicted octanol–water partition coefficient (Wildman–Crippen LogP) is 3.81. The second kappa shape index (κ2) is 9.12. The van der Waals surface area contributed by atoms with Crippen molar-refractivity contribution in [2.45, 2.75) is 19.4 Å². The number of ether oxygens (including phenoxy) is 1. The molecule has 0 radical (unpaired) electrons. The van der Waals surface area contributed by atoms with Crippen molar-refractivity contribution in [1.29, 1.82) is 0 Å². The molecule has 0 bridgehead atoms. The fraction of sp³-hybridized carbons (Fsp3) is 0.286. The summed E-state index contributed by atoms with van der Waals surface area (Å²) in [5.41, 5.74) is 3.40. The summed E-state index contributed by atoms with van der Waals surface area (Å²) in [6, 6.07) is 2.74. The van der Waals surface area contributed by atoms with E-state index in [0.29, 0.717) is 71.1 Å². The first-order valence-corrected chi connectivity index (χ1v) is 12.5. The summed E-state index contributed by atoms with van der Waals surface area (Å²) in [4.78, 5) is 35.9. The lowest BCUT2D eigenvalue weighted by atomic mass is 9.96. The van der Waals surface area contributed by atoms with E-state index in [9.17, 15) is 19.1 Å². The number of halogens is 2. The van der Waals surface area contributed by atoms with Gasteiger partial charge in [0.25, 0.3) is 0 Å². The van der Waals surface area contributed by atoms with Crippen LogP contribution < -0.4 is 15.6 Å². The van der Waals surface area contributed by atoms with Crippen molar-refractivity contribution in [3.8, 4) is 22.3 Å². The number of pyridine rings is 3. The average Bonchev–Trinajstić information content (AvgIpc) is 3.31. The van der Waals surface area contributed by atoms with Gasteiger partial charge in [0.1, 0.15) is 11.2 Å². The van der Waals surface area contributed by atoms with Gasteiger partial charge in [0.15, 0.2) is 11.6 Å². The number of aromatic carboxylic acids is 1. The molecular weight excluding hydrogens is 508 g/mol. The Morgan fingerprint density at radius 1 is 1.21 bits per heavy atom. The average molecular weight is 534 g/mol. The minimum atomic E-state index is -1.33. The van der Waals surface area contributed by atoms with E-state index in [-0.39, 0.29) is 22.6 Å². The fourth-order valence-corrected chi connectivity index (χ4v) is 5.66. The molecule has 2 aliphatic rings. The first kappa shape index (κ1) is 24.9. The number of morpholine rings is 1. The van der Waals surface area contributed by atoms with Crippen LogP contribution >= 0.6 is 0 Å². The SMILES string of the molecule is CNc1cc(F)c(F)c2c1Cc1ncc(-c3cnc4c(c3)c(=O)c(C(=O)O)cn4C)c(N3CCO[C@@H](C)C3)c1-2. The third-order valence-corrected chi connectivity index (χ3v) is 7.43. The summed E-state index contributed by atoms with van der Waals surface area (Å²) < 4.78 is 37.5. The number of fused-ring (bicyclic) bond motifs is 4. The number of rotatable bonds is 4. The van der Waals surface area contributed by atoms with Gasteiger partial charge in [0.2, 0.25) is 5.43 Å². The molecule has 0 unspecified atom stereocenters. The van der Waals surface area contributed by atoms with Gasteiger partial charge in [-0.2, -0.15) is 0 Å². The molecule has 9 nitrogen and oxygen atoms in total. The molecule has 39 heavy (non-hydrogen) atoms. The van der Waals surface area contributed by atoms with Gasteiger partial charge >= 0.3 is 5.97 Å². The normalized spacial score (nSPS) is 16.3. The quantitative estimate of drug-likeness (QED) is 0.359. The summed E-state index contributed by atoms with van der Waals surface area (Å²) in [6.07, 6.45) is 4.69. The number of hydrogen-bond donors (Lipinski definition) is 2. The van der Waals surface area contributed by atoms with E-state index in [1.807, 2.05) is 6.92 Å². The van der Waals surface area contributed by atoms with E-state index in [2.05, 4.69) is 20.2 Å². The van der Waals surface area contributed by atoms with Crippen molar-refractivity contribution in [3.63, 3.8) is 0 Å². The van der Waals surface area contributed by atoms with Crippen LogP contribution in [0.4, 0.5) is 20.2 Å². The molecule has 2 N–H and O–H groups in total. The summed E-state index contributed by atoms with van der Waals surface area (Å²) >= 11 is 0. The Balaban J connectivity index is 1.66. The highest BCUT2D eigenvalue weighted by atomic mass is 19.2. The summed E-state index contributed by atoms with van der Waals surface area (Å²) in [5, 5.41) is 12.6. The maximum atomic E-state index is 15.5. The van der Waals surface area contributed by atoms with E-state index in [1.165, 1.54) is 10.8 Å². The van der Waals surface area contributed by atoms with Crippen molar-refractivity contribution >= 4 is 28.4 Å². The molecule has 1 atom stereocenters. The second-order valence-corrected chi connectivity index (χ2v) is 9.85. The third kappa shape index (κ3) is 3.84. The molecule has 200 valence electrons. The van der Waals surface area contributed by atoms with Gasteiger partial charge in [-0.05, 0) is 18.6 Å². The highest BCUT2D eigenvalue weighted by Crippen LogP contribution is 2.50. The lowest BCUT2D eigenvalue weighted by Gasteiger charge is -2.35. The molecule has 1 aliphatic carbocycles. The molecule has 1 saturated heterocycles. The second-order valence-electron chi connectivity index (χ2n) is 9.85. The number of carboxylic acids is 1. The van der Waals surface area contributed by atoms with Crippen LogP contribution in [0.1, 0.15) is 28.5 Å². The van der Waals surface area contributed by atoms with Crippen LogP contribution in [0.3, 0.4) is 0 Å². The molecule has 4 aromatic rings. The Bertz CT molecular complexity index is 1750. The molecule has 1 fully saturated rings. The van der Waals surface area contributed by atoms with Gasteiger partial charge in [-0.25, -0.2) is 18.6 Å². The minimum Gasteiger partial charge on any atom is -0.477 e. The van der Waals surface area contributed by atoms with Crippen LogP contribution in [0, 0.1) is 11.6 Å². The fourth-order valence-electron chi connectivity index (χ4n) is 5.66. The van der Waals surface area contributed by atoms with Crippen molar-refractivity contribution < 1.29 is 23.4 Å². The number of carboxylic acid groups (broad SMARTS) is 1. The van der Waals surface area contributed by atoms with Crippen molar-refractivity contribution in [1.82, 2.24) is 14.5 Å². The summed E-state index contributed by atoms with van der Waals surface area (Å²) in [5.74, 6) is -3.24. The molecule has 6 rings (SSSR count). The van der Waals surface area contributed by atoms with Gasteiger partial charge in [-0.3, -0.25) is 9.78 Å². The predicted molar refractivity (Wildman–Crippen MR) is 143 cm³/mol. The van der Waals surface area contributed by atoms with Crippen LogP contribution in [0.15, 0.2) is 35.5 Å². The molecule has 4 heterocycles. The molecule has 0 spiro atoms. The number of aromatic nitrogens is 3. The van der Waals surface area contributed by atoms with Crippen LogP contribution in [-0.2, 0) is 18.2 Å². The molecule has 11 heteroatoms. The zero-order valence-corrected chi connectivity index (χ0v) is 21.5. The maximum Gasteiger partial charge on any atom is 0.341 e. The molecule has 0 saturated carbocycles. The van der Waals surface area contributed by atoms with Gasteiger partial charge in [0.05, 0.1) is 29.5 Å². The largest absolute Gasteiger partial charge is 0.477 e. The molecule has 1 aromatic carbocycles. The minimum absolute atomic E-state index is 0.110. The van der Waals surface area contributed by atoms with E-state index >= 15 is 4.39 Å². The topological polar surface area (TPSA) is 110 Å². The van der Waals surface area contributed by atoms with Crippen molar-refractivity contribution in [2.75, 3.05) is 37.0 Å². The van der Waals surface area contributed by atoms with E-state index in [4.69, 9.17) is 4.74 Å². The Kier molecular flexibility index (Phi) is 5.83. The van der Waals surface area contributed by atoms with Gasteiger partial charge in [0, 0.05) is 86.2 Å². The highest BCUT2D eigenvalue weighted by Gasteiger charge is 2.35. The lowest BCUT2D eigenvalue weighted by molar-refractivity contribution is 0.0533. The Labute approximate surface area is 221 Å². The van der Waals surface area contributed by atoms with Crippen molar-refractivity contribution in [2.24, 2.45) is 7.05 Å². The number of carbonyl (C=O) groups is 1. The Hall–Kier alpha value is -4.38. The number of nitrogens with one attached hydrogen (secondary N) is 1. The first-order valence-electron chi connectivity index (χ1n) is 12.5. The maximum absolute atomic E-state index is 15.5. The van der Waals surface area contributed by atoms with Gasteiger partial charge in [-0.15, -0.1) is 0 Å². The molecule has 1 aliphatic heterocycles. The Morgan fingerprint density at radius 2 is 2.00 bits per heavy atom. The van der Waals surface area contributed by atoms with Crippen LogP contribution in [-0.4, -0.2) is 58.5 Å². The number of benzene rings is 1. The standard InChI is InChI=1S/C28H25F2N5O4/c1-13-11-35(4-5-39-13)25-17(14-6-16-26(36)18(28(37)38)12-34(3)27(16)33-9-14)10-32-21-7-15-20(31-2)8-19(29)24(30)22(15)23(21)25/h6,8-10,12-13,31H,4-5,7,11H2,1-3H3,(H,37,38)/t13-/m0/s1. The van der Waals surface area contributed by atoms with Crippen LogP contribution in [0.25, 0.3) is 33.3 Å². The monoisotopic (exact) mass is 533 g/mol. The van der Waals surface area contributed by atoms with E-state index < -0.39 is 23.0 Å².